The Morgan fingerprint density at radius 3 is 2.56 bits per heavy atom. The van der Waals surface area contributed by atoms with Gasteiger partial charge < -0.3 is 9.88 Å². The van der Waals surface area contributed by atoms with Crippen LogP contribution in [0, 0.1) is 5.82 Å². The Kier molecular flexibility index (Phi) is 4.22. The maximum atomic E-state index is 13.6. The summed E-state index contributed by atoms with van der Waals surface area (Å²) in [6.45, 7) is 1.40. The SMILES string of the molecule is O=C(c1ccc(Cl)cc1)N1CCC(c2c[nH]c3ccc(F)cc23)CC1. The highest BCUT2D eigenvalue weighted by atomic mass is 35.5. The van der Waals surface area contributed by atoms with E-state index in [4.69, 9.17) is 11.6 Å². The van der Waals surface area contributed by atoms with Gasteiger partial charge >= 0.3 is 0 Å². The number of likely N-dealkylation sites (tertiary alicyclic amines) is 1. The maximum Gasteiger partial charge on any atom is 0.253 e. The van der Waals surface area contributed by atoms with Gasteiger partial charge in [0, 0.05) is 40.8 Å². The van der Waals surface area contributed by atoms with Crippen LogP contribution in [-0.4, -0.2) is 28.9 Å². The van der Waals surface area contributed by atoms with Crippen molar-refractivity contribution in [1.82, 2.24) is 9.88 Å². The predicted molar refractivity (Wildman–Crippen MR) is 97.6 cm³/mol. The molecule has 3 nitrogen and oxygen atoms in total. The quantitative estimate of drug-likeness (QED) is 0.690. The molecular formula is C20H18ClFN2O. The van der Waals surface area contributed by atoms with Crippen LogP contribution in [-0.2, 0) is 0 Å². The molecule has 0 saturated carbocycles. The number of hydrogen-bond donors (Lipinski definition) is 1. The van der Waals surface area contributed by atoms with Gasteiger partial charge in [0.2, 0.25) is 0 Å². The van der Waals surface area contributed by atoms with E-state index in [0.29, 0.717) is 29.6 Å². The van der Waals surface area contributed by atoms with Gasteiger partial charge in [-0.3, -0.25) is 4.79 Å². The van der Waals surface area contributed by atoms with Crippen LogP contribution in [0.2, 0.25) is 5.02 Å². The highest BCUT2D eigenvalue weighted by Crippen LogP contribution is 2.33. The fraction of sp³-hybridized carbons (Fsp3) is 0.250. The van der Waals surface area contributed by atoms with Crippen LogP contribution in [0.3, 0.4) is 0 Å². The number of benzene rings is 2. The molecule has 1 amide bonds. The van der Waals surface area contributed by atoms with Gasteiger partial charge in [0.25, 0.3) is 5.91 Å². The standard InChI is InChI=1S/C20H18ClFN2O/c21-15-3-1-14(2-4-15)20(25)24-9-7-13(8-10-24)18-12-23-19-6-5-16(22)11-17(18)19/h1-6,11-13,23H,7-10H2. The van der Waals surface area contributed by atoms with Crippen molar-refractivity contribution in [2.75, 3.05) is 13.1 Å². The molecule has 0 radical (unpaired) electrons. The number of aromatic amines is 1. The fourth-order valence-corrected chi connectivity index (χ4v) is 3.75. The van der Waals surface area contributed by atoms with Crippen LogP contribution in [0.1, 0.15) is 34.7 Å². The number of hydrogen-bond acceptors (Lipinski definition) is 1. The molecule has 1 N–H and O–H groups in total. The van der Waals surface area contributed by atoms with Crippen LogP contribution >= 0.6 is 11.6 Å². The minimum atomic E-state index is -0.219. The summed E-state index contributed by atoms with van der Waals surface area (Å²) in [7, 11) is 0. The lowest BCUT2D eigenvalue weighted by Gasteiger charge is -2.32. The molecule has 0 spiro atoms. The number of rotatable bonds is 2. The third kappa shape index (κ3) is 3.14. The van der Waals surface area contributed by atoms with E-state index in [1.807, 2.05) is 11.1 Å². The van der Waals surface area contributed by atoms with E-state index in [2.05, 4.69) is 4.98 Å². The maximum absolute atomic E-state index is 13.6. The van der Waals surface area contributed by atoms with E-state index in [-0.39, 0.29) is 11.7 Å². The molecule has 1 fully saturated rings. The van der Waals surface area contributed by atoms with Gasteiger partial charge in [-0.1, -0.05) is 11.6 Å². The van der Waals surface area contributed by atoms with E-state index in [9.17, 15) is 9.18 Å². The monoisotopic (exact) mass is 356 g/mol. The molecule has 1 aliphatic heterocycles. The molecule has 2 heterocycles. The van der Waals surface area contributed by atoms with Crippen molar-refractivity contribution < 1.29 is 9.18 Å². The Morgan fingerprint density at radius 2 is 1.84 bits per heavy atom. The lowest BCUT2D eigenvalue weighted by atomic mass is 9.89. The molecule has 2 aromatic carbocycles. The van der Waals surface area contributed by atoms with Crippen molar-refractivity contribution in [2.45, 2.75) is 18.8 Å². The molecule has 0 unspecified atom stereocenters. The second-order valence-electron chi connectivity index (χ2n) is 6.51. The first-order chi connectivity index (χ1) is 12.1. The summed E-state index contributed by atoms with van der Waals surface area (Å²) >= 11 is 5.88. The third-order valence-electron chi connectivity index (χ3n) is 4.99. The molecule has 1 aliphatic rings. The minimum absolute atomic E-state index is 0.0417. The van der Waals surface area contributed by atoms with Gasteiger partial charge in [0.15, 0.2) is 0 Å². The molecule has 0 bridgehead atoms. The van der Waals surface area contributed by atoms with Gasteiger partial charge in [-0.2, -0.15) is 0 Å². The molecule has 0 aliphatic carbocycles. The molecule has 1 saturated heterocycles. The van der Waals surface area contributed by atoms with Crippen molar-refractivity contribution in [3.63, 3.8) is 0 Å². The van der Waals surface area contributed by atoms with Crippen molar-refractivity contribution in [2.24, 2.45) is 0 Å². The highest BCUT2D eigenvalue weighted by Gasteiger charge is 2.26. The summed E-state index contributed by atoms with van der Waals surface area (Å²) in [6, 6.07) is 11.8. The largest absolute Gasteiger partial charge is 0.361 e. The number of piperidine rings is 1. The number of nitrogens with one attached hydrogen (secondary N) is 1. The number of aromatic nitrogens is 1. The average molecular weight is 357 g/mol. The number of amides is 1. The average Bonchev–Trinajstić information content (AvgIpc) is 3.05. The first-order valence-electron chi connectivity index (χ1n) is 8.43. The lowest BCUT2D eigenvalue weighted by Crippen LogP contribution is -2.37. The number of carbonyl (C=O) groups is 1. The molecular weight excluding hydrogens is 339 g/mol. The Balaban J connectivity index is 1.48. The fourth-order valence-electron chi connectivity index (χ4n) is 3.62. The van der Waals surface area contributed by atoms with Crippen molar-refractivity contribution in [3.05, 3.63) is 70.6 Å². The van der Waals surface area contributed by atoms with E-state index in [1.165, 1.54) is 6.07 Å². The molecule has 25 heavy (non-hydrogen) atoms. The van der Waals surface area contributed by atoms with E-state index < -0.39 is 0 Å². The number of halogens is 2. The van der Waals surface area contributed by atoms with Gasteiger partial charge in [-0.15, -0.1) is 0 Å². The number of carbonyl (C=O) groups excluding carboxylic acids is 1. The predicted octanol–water partition coefficient (Wildman–Crippen LogP) is 4.98. The second kappa shape index (κ2) is 6.52. The normalized spacial score (nSPS) is 15.7. The first-order valence-corrected chi connectivity index (χ1v) is 8.81. The first kappa shape index (κ1) is 16.2. The van der Waals surface area contributed by atoms with Crippen LogP contribution in [0.4, 0.5) is 4.39 Å². The van der Waals surface area contributed by atoms with E-state index in [0.717, 1.165) is 29.3 Å². The lowest BCUT2D eigenvalue weighted by molar-refractivity contribution is 0.0713. The molecule has 3 aromatic rings. The summed E-state index contributed by atoms with van der Waals surface area (Å²) in [6.07, 6.45) is 3.73. The summed E-state index contributed by atoms with van der Waals surface area (Å²) < 4.78 is 13.6. The highest BCUT2D eigenvalue weighted by molar-refractivity contribution is 6.30. The van der Waals surface area contributed by atoms with Gasteiger partial charge in [0.05, 0.1) is 0 Å². The van der Waals surface area contributed by atoms with Gasteiger partial charge in [-0.25, -0.2) is 4.39 Å². The smallest absolute Gasteiger partial charge is 0.253 e. The topological polar surface area (TPSA) is 36.1 Å². The molecule has 4 rings (SSSR count). The molecule has 0 atom stereocenters. The summed E-state index contributed by atoms with van der Waals surface area (Å²) in [4.78, 5) is 17.7. The zero-order valence-electron chi connectivity index (χ0n) is 13.6. The van der Waals surface area contributed by atoms with Gasteiger partial charge in [-0.05, 0) is 66.8 Å². The third-order valence-corrected chi connectivity index (χ3v) is 5.24. The molecule has 1 aromatic heterocycles. The Hall–Kier alpha value is -2.33. The van der Waals surface area contributed by atoms with Crippen molar-refractivity contribution >= 4 is 28.4 Å². The van der Waals surface area contributed by atoms with Crippen molar-refractivity contribution in [1.29, 1.82) is 0 Å². The van der Waals surface area contributed by atoms with Crippen LogP contribution in [0.5, 0.6) is 0 Å². The Labute approximate surface area is 150 Å². The minimum Gasteiger partial charge on any atom is -0.361 e. The van der Waals surface area contributed by atoms with Crippen LogP contribution in [0.25, 0.3) is 10.9 Å². The second-order valence-corrected chi connectivity index (χ2v) is 6.94. The van der Waals surface area contributed by atoms with Crippen LogP contribution in [0.15, 0.2) is 48.7 Å². The van der Waals surface area contributed by atoms with E-state index >= 15 is 0 Å². The molecule has 128 valence electrons. The van der Waals surface area contributed by atoms with Crippen LogP contribution < -0.4 is 0 Å². The van der Waals surface area contributed by atoms with Gasteiger partial charge in [0.1, 0.15) is 5.82 Å². The number of H-pyrrole nitrogens is 1. The van der Waals surface area contributed by atoms with Crippen molar-refractivity contribution in [3.8, 4) is 0 Å². The summed E-state index contributed by atoms with van der Waals surface area (Å²) in [5.41, 5.74) is 2.76. The number of nitrogens with zero attached hydrogens (tertiary/aromatic N) is 1. The Bertz CT molecular complexity index is 911. The zero-order chi connectivity index (χ0) is 17.4. The number of fused-ring (bicyclic) bond motifs is 1. The van der Waals surface area contributed by atoms with E-state index in [1.54, 1.807) is 36.4 Å². The summed E-state index contributed by atoms with van der Waals surface area (Å²) in [5.74, 6) is 0.161. The zero-order valence-corrected chi connectivity index (χ0v) is 14.4. The molecule has 5 heteroatoms. The Morgan fingerprint density at radius 1 is 1.12 bits per heavy atom. The summed E-state index contributed by atoms with van der Waals surface area (Å²) in [5, 5.41) is 1.57.